The van der Waals surface area contributed by atoms with Gasteiger partial charge in [-0.25, -0.2) is 0 Å². The Bertz CT molecular complexity index is 551. The first kappa shape index (κ1) is 14.9. The van der Waals surface area contributed by atoms with Crippen molar-refractivity contribution in [1.82, 2.24) is 5.32 Å². The lowest BCUT2D eigenvalue weighted by molar-refractivity contribution is 0.473. The van der Waals surface area contributed by atoms with Crippen molar-refractivity contribution in [2.24, 2.45) is 0 Å². The van der Waals surface area contributed by atoms with E-state index in [1.54, 1.807) is 0 Å². The van der Waals surface area contributed by atoms with E-state index in [1.165, 1.54) is 5.56 Å². The maximum Gasteiger partial charge on any atom is 0.150 e. The Kier molecular flexibility index (Phi) is 5.45. The van der Waals surface area contributed by atoms with Gasteiger partial charge in [0.05, 0.1) is 5.02 Å². The molecule has 0 amide bonds. The van der Waals surface area contributed by atoms with Crippen molar-refractivity contribution in [2.75, 3.05) is 6.54 Å². The van der Waals surface area contributed by atoms with Gasteiger partial charge in [-0.15, -0.1) is 0 Å². The summed E-state index contributed by atoms with van der Waals surface area (Å²) in [4.78, 5) is 0. The van der Waals surface area contributed by atoms with Gasteiger partial charge in [-0.1, -0.05) is 48.4 Å². The molecule has 2 aromatic rings. The van der Waals surface area contributed by atoms with Crippen LogP contribution in [-0.4, -0.2) is 6.54 Å². The lowest BCUT2D eigenvalue weighted by Crippen LogP contribution is -2.14. The molecular weight excluding hydrogens is 270 g/mol. The summed E-state index contributed by atoms with van der Waals surface area (Å²) in [5.41, 5.74) is 2.29. The first-order valence-corrected chi connectivity index (χ1v) is 7.31. The summed E-state index contributed by atoms with van der Waals surface area (Å²) in [6, 6.07) is 13.8. The highest BCUT2D eigenvalue weighted by atomic mass is 35.5. The standard InChI is InChI=1S/C17H20ClNO/c1-3-11-19-12-14-5-4-6-16(18)17(14)20-15-9-7-13(2)8-10-15/h4-10,19H,3,11-12H2,1-2H3. The molecule has 2 aromatic carbocycles. The number of benzene rings is 2. The van der Waals surface area contributed by atoms with Crippen LogP contribution in [0.4, 0.5) is 0 Å². The number of hydrogen-bond acceptors (Lipinski definition) is 2. The summed E-state index contributed by atoms with van der Waals surface area (Å²) in [6.07, 6.45) is 1.11. The summed E-state index contributed by atoms with van der Waals surface area (Å²) < 4.78 is 5.95. The number of hydrogen-bond donors (Lipinski definition) is 1. The quantitative estimate of drug-likeness (QED) is 0.761. The van der Waals surface area contributed by atoms with Gasteiger partial charge in [0.2, 0.25) is 0 Å². The van der Waals surface area contributed by atoms with Crippen molar-refractivity contribution < 1.29 is 4.74 Å². The molecule has 0 heterocycles. The molecule has 0 unspecified atom stereocenters. The SMILES string of the molecule is CCCNCc1cccc(Cl)c1Oc1ccc(C)cc1. The molecule has 0 aliphatic rings. The molecule has 2 nitrogen and oxygen atoms in total. The van der Waals surface area contributed by atoms with E-state index >= 15 is 0 Å². The van der Waals surface area contributed by atoms with Gasteiger partial charge >= 0.3 is 0 Å². The van der Waals surface area contributed by atoms with Crippen molar-refractivity contribution in [3.05, 3.63) is 58.6 Å². The van der Waals surface area contributed by atoms with E-state index in [0.29, 0.717) is 5.02 Å². The molecule has 0 saturated carbocycles. The summed E-state index contributed by atoms with van der Waals surface area (Å²) in [5.74, 6) is 1.54. The molecule has 0 spiro atoms. The van der Waals surface area contributed by atoms with Gasteiger partial charge < -0.3 is 10.1 Å². The normalized spacial score (nSPS) is 10.6. The van der Waals surface area contributed by atoms with Crippen molar-refractivity contribution >= 4 is 11.6 Å². The monoisotopic (exact) mass is 289 g/mol. The molecule has 0 aromatic heterocycles. The fourth-order valence-corrected chi connectivity index (χ4v) is 2.16. The van der Waals surface area contributed by atoms with Crippen LogP contribution in [0.15, 0.2) is 42.5 Å². The molecule has 3 heteroatoms. The zero-order valence-corrected chi connectivity index (χ0v) is 12.7. The second-order valence-corrected chi connectivity index (χ2v) is 5.23. The second kappa shape index (κ2) is 7.32. The second-order valence-electron chi connectivity index (χ2n) is 4.82. The van der Waals surface area contributed by atoms with Gasteiger partial charge in [0, 0.05) is 12.1 Å². The number of aryl methyl sites for hydroxylation is 1. The molecule has 106 valence electrons. The van der Waals surface area contributed by atoms with E-state index in [9.17, 15) is 0 Å². The van der Waals surface area contributed by atoms with Crippen LogP contribution in [0.3, 0.4) is 0 Å². The fraction of sp³-hybridized carbons (Fsp3) is 0.294. The predicted octanol–water partition coefficient (Wildman–Crippen LogP) is 4.94. The molecular formula is C17H20ClNO. The molecule has 0 fully saturated rings. The largest absolute Gasteiger partial charge is 0.455 e. The van der Waals surface area contributed by atoms with Crippen LogP contribution in [0.5, 0.6) is 11.5 Å². The molecule has 2 rings (SSSR count). The van der Waals surface area contributed by atoms with Gasteiger partial charge in [-0.3, -0.25) is 0 Å². The summed E-state index contributed by atoms with van der Waals surface area (Å²) in [6.45, 7) is 5.94. The Morgan fingerprint density at radius 1 is 1.10 bits per heavy atom. The Hall–Kier alpha value is -1.51. The molecule has 0 saturated heterocycles. The number of halogens is 1. The fourth-order valence-electron chi connectivity index (χ4n) is 1.93. The highest BCUT2D eigenvalue weighted by Gasteiger charge is 2.09. The molecule has 0 bridgehead atoms. The lowest BCUT2D eigenvalue weighted by atomic mass is 10.2. The van der Waals surface area contributed by atoms with E-state index in [0.717, 1.165) is 36.6 Å². The van der Waals surface area contributed by atoms with Crippen LogP contribution in [0, 0.1) is 6.92 Å². The van der Waals surface area contributed by atoms with Gasteiger partial charge in [-0.2, -0.15) is 0 Å². The van der Waals surface area contributed by atoms with E-state index < -0.39 is 0 Å². The molecule has 0 atom stereocenters. The third-order valence-corrected chi connectivity index (χ3v) is 3.33. The first-order chi connectivity index (χ1) is 9.70. The van der Waals surface area contributed by atoms with Gasteiger partial charge in [-0.05, 0) is 38.1 Å². The number of rotatable bonds is 6. The van der Waals surface area contributed by atoms with E-state index in [4.69, 9.17) is 16.3 Å². The molecule has 0 aliphatic carbocycles. The first-order valence-electron chi connectivity index (χ1n) is 6.93. The minimum Gasteiger partial charge on any atom is -0.455 e. The van der Waals surface area contributed by atoms with E-state index in [-0.39, 0.29) is 0 Å². The Balaban J connectivity index is 2.18. The van der Waals surface area contributed by atoms with Gasteiger partial charge in [0.15, 0.2) is 0 Å². The summed E-state index contributed by atoms with van der Waals surface area (Å²) in [5, 5.41) is 4.02. The maximum absolute atomic E-state index is 6.27. The Morgan fingerprint density at radius 3 is 2.55 bits per heavy atom. The van der Waals surface area contributed by atoms with Crippen molar-refractivity contribution in [3.8, 4) is 11.5 Å². The number of ether oxygens (including phenoxy) is 1. The molecule has 1 N–H and O–H groups in total. The van der Waals surface area contributed by atoms with E-state index in [1.807, 2.05) is 42.5 Å². The molecule has 0 aliphatic heterocycles. The van der Waals surface area contributed by atoms with Crippen LogP contribution < -0.4 is 10.1 Å². The van der Waals surface area contributed by atoms with Crippen LogP contribution in [-0.2, 0) is 6.54 Å². The maximum atomic E-state index is 6.27. The van der Waals surface area contributed by atoms with Gasteiger partial charge in [0.1, 0.15) is 11.5 Å². The third kappa shape index (κ3) is 3.99. The summed E-state index contributed by atoms with van der Waals surface area (Å²) in [7, 11) is 0. The summed E-state index contributed by atoms with van der Waals surface area (Å²) >= 11 is 6.27. The topological polar surface area (TPSA) is 21.3 Å². The van der Waals surface area contributed by atoms with Crippen LogP contribution in [0.1, 0.15) is 24.5 Å². The Morgan fingerprint density at radius 2 is 1.85 bits per heavy atom. The van der Waals surface area contributed by atoms with Crippen LogP contribution >= 0.6 is 11.6 Å². The van der Waals surface area contributed by atoms with Crippen molar-refractivity contribution in [3.63, 3.8) is 0 Å². The minimum atomic E-state index is 0.640. The zero-order valence-electron chi connectivity index (χ0n) is 11.9. The van der Waals surface area contributed by atoms with Crippen molar-refractivity contribution in [1.29, 1.82) is 0 Å². The predicted molar refractivity (Wildman–Crippen MR) is 84.7 cm³/mol. The minimum absolute atomic E-state index is 0.640. The van der Waals surface area contributed by atoms with E-state index in [2.05, 4.69) is 19.2 Å². The molecule has 20 heavy (non-hydrogen) atoms. The highest BCUT2D eigenvalue weighted by Crippen LogP contribution is 2.33. The number of para-hydroxylation sites is 1. The van der Waals surface area contributed by atoms with Crippen LogP contribution in [0.2, 0.25) is 5.02 Å². The number of nitrogens with one attached hydrogen (secondary N) is 1. The third-order valence-electron chi connectivity index (χ3n) is 3.03. The molecule has 0 radical (unpaired) electrons. The average Bonchev–Trinajstić information content (AvgIpc) is 2.45. The average molecular weight is 290 g/mol. The smallest absolute Gasteiger partial charge is 0.150 e. The van der Waals surface area contributed by atoms with Crippen molar-refractivity contribution in [2.45, 2.75) is 26.8 Å². The van der Waals surface area contributed by atoms with Crippen LogP contribution in [0.25, 0.3) is 0 Å². The Labute approximate surface area is 125 Å². The lowest BCUT2D eigenvalue weighted by Gasteiger charge is -2.13. The highest BCUT2D eigenvalue weighted by molar-refractivity contribution is 6.32. The van der Waals surface area contributed by atoms with Gasteiger partial charge in [0.25, 0.3) is 0 Å². The zero-order chi connectivity index (χ0) is 14.4.